The first kappa shape index (κ1) is 15.8. The summed E-state index contributed by atoms with van der Waals surface area (Å²) in [6, 6.07) is 5.42. The normalized spacial score (nSPS) is 21.5. The Labute approximate surface area is 135 Å². The molecule has 23 heavy (non-hydrogen) atoms. The molecule has 0 aromatic carbocycles. The largest absolute Gasteiger partial charge is 0.336 e. The van der Waals surface area contributed by atoms with Crippen molar-refractivity contribution < 1.29 is 8.42 Å². The van der Waals surface area contributed by atoms with Crippen LogP contribution in [-0.2, 0) is 16.4 Å². The second-order valence-electron chi connectivity index (χ2n) is 5.66. The Bertz CT molecular complexity index is 739. The average Bonchev–Trinajstić information content (AvgIpc) is 2.90. The van der Waals surface area contributed by atoms with E-state index in [-0.39, 0.29) is 12.1 Å². The molecule has 3 heterocycles. The van der Waals surface area contributed by atoms with Gasteiger partial charge in [0.2, 0.25) is 16.0 Å². The predicted octanol–water partition coefficient (Wildman–Crippen LogP) is 0.611. The minimum atomic E-state index is -3.27. The lowest BCUT2D eigenvalue weighted by Gasteiger charge is -2.28. The zero-order valence-corrected chi connectivity index (χ0v) is 13.6. The van der Waals surface area contributed by atoms with Crippen LogP contribution in [0.25, 0.3) is 0 Å². The summed E-state index contributed by atoms with van der Waals surface area (Å²) in [6.07, 6.45) is 9.51. The van der Waals surface area contributed by atoms with Crippen LogP contribution < -0.4 is 9.62 Å². The van der Waals surface area contributed by atoms with Gasteiger partial charge in [-0.1, -0.05) is 6.07 Å². The fraction of sp³-hybridized carbons (Fsp3) is 0.400. The van der Waals surface area contributed by atoms with Gasteiger partial charge in [0, 0.05) is 37.4 Å². The molecule has 0 aliphatic carbocycles. The van der Waals surface area contributed by atoms with Crippen LogP contribution in [0.2, 0.25) is 0 Å². The lowest BCUT2D eigenvalue weighted by atomic mass is 10.0. The Morgan fingerprint density at radius 3 is 2.70 bits per heavy atom. The highest BCUT2D eigenvalue weighted by Crippen LogP contribution is 2.25. The summed E-state index contributed by atoms with van der Waals surface area (Å²) in [7, 11) is -3.27. The van der Waals surface area contributed by atoms with Crippen molar-refractivity contribution in [2.75, 3.05) is 17.7 Å². The molecule has 7 nitrogen and oxygen atoms in total. The van der Waals surface area contributed by atoms with E-state index in [4.69, 9.17) is 0 Å². The summed E-state index contributed by atoms with van der Waals surface area (Å²) in [5.74, 6) is 0.624. The molecule has 8 heteroatoms. The first-order valence-corrected chi connectivity index (χ1v) is 9.32. The molecule has 2 atom stereocenters. The molecule has 1 saturated heterocycles. The summed E-state index contributed by atoms with van der Waals surface area (Å²) in [5, 5.41) is 0. The van der Waals surface area contributed by atoms with Gasteiger partial charge in [-0.3, -0.25) is 4.98 Å². The number of hydrogen-bond donors (Lipinski definition) is 1. The molecular weight excluding hydrogens is 314 g/mol. The van der Waals surface area contributed by atoms with Crippen molar-refractivity contribution in [2.45, 2.75) is 24.9 Å². The minimum Gasteiger partial charge on any atom is -0.336 e. The van der Waals surface area contributed by atoms with Crippen molar-refractivity contribution in [3.05, 3.63) is 48.5 Å². The van der Waals surface area contributed by atoms with Crippen molar-refractivity contribution in [3.63, 3.8) is 0 Å². The number of hydrogen-bond acceptors (Lipinski definition) is 6. The van der Waals surface area contributed by atoms with Crippen molar-refractivity contribution in [2.24, 2.45) is 0 Å². The van der Waals surface area contributed by atoms with E-state index in [0.29, 0.717) is 18.9 Å². The fourth-order valence-corrected chi connectivity index (χ4v) is 3.79. The van der Waals surface area contributed by atoms with Crippen LogP contribution in [-0.4, -0.2) is 48.3 Å². The highest BCUT2D eigenvalue weighted by atomic mass is 32.2. The lowest BCUT2D eigenvalue weighted by Crippen LogP contribution is -2.46. The maximum atomic E-state index is 11.7. The van der Waals surface area contributed by atoms with Crippen LogP contribution in [0.15, 0.2) is 43.0 Å². The molecule has 2 aromatic rings. The number of anilines is 1. The molecule has 2 aromatic heterocycles. The van der Waals surface area contributed by atoms with Crippen LogP contribution >= 0.6 is 0 Å². The predicted molar refractivity (Wildman–Crippen MR) is 87.5 cm³/mol. The number of pyridine rings is 1. The molecule has 1 aliphatic rings. The summed E-state index contributed by atoms with van der Waals surface area (Å²) in [5.41, 5.74) is 1.06. The average molecular weight is 333 g/mol. The standard InChI is InChI=1S/C15H19N5O2S/c1-23(21,22)19-13-5-9-20(15-17-7-3-8-18-15)14(13)10-12-4-2-6-16-11-12/h2-4,6-8,11,13-14,19H,5,9-10H2,1H3/t13-,14+/m1/s1. The molecule has 0 radical (unpaired) electrons. The van der Waals surface area contributed by atoms with Crippen molar-refractivity contribution in [3.8, 4) is 0 Å². The smallest absolute Gasteiger partial charge is 0.225 e. The van der Waals surface area contributed by atoms with E-state index in [1.807, 2.05) is 12.1 Å². The number of sulfonamides is 1. The lowest BCUT2D eigenvalue weighted by molar-refractivity contribution is 0.512. The molecule has 0 bridgehead atoms. The Morgan fingerprint density at radius 2 is 2.04 bits per heavy atom. The van der Waals surface area contributed by atoms with Crippen LogP contribution in [0.1, 0.15) is 12.0 Å². The van der Waals surface area contributed by atoms with E-state index in [2.05, 4.69) is 24.6 Å². The number of rotatable bonds is 5. The third-order valence-corrected chi connectivity index (χ3v) is 4.62. The van der Waals surface area contributed by atoms with Gasteiger partial charge in [0.15, 0.2) is 0 Å². The summed E-state index contributed by atoms with van der Waals surface area (Å²) in [6.45, 7) is 0.710. The van der Waals surface area contributed by atoms with Gasteiger partial charge in [-0.25, -0.2) is 23.1 Å². The number of nitrogens with one attached hydrogen (secondary N) is 1. The van der Waals surface area contributed by atoms with Crippen LogP contribution in [0, 0.1) is 0 Å². The van der Waals surface area contributed by atoms with Gasteiger partial charge in [-0.2, -0.15) is 0 Å². The summed E-state index contributed by atoms with van der Waals surface area (Å²) < 4.78 is 26.1. The van der Waals surface area contributed by atoms with E-state index < -0.39 is 10.0 Å². The topological polar surface area (TPSA) is 88.1 Å². The molecule has 3 rings (SSSR count). The third kappa shape index (κ3) is 4.02. The molecule has 1 aliphatic heterocycles. The van der Waals surface area contributed by atoms with Crippen LogP contribution in [0.5, 0.6) is 0 Å². The Hall–Kier alpha value is -2.06. The maximum absolute atomic E-state index is 11.7. The van der Waals surface area contributed by atoms with Gasteiger partial charge in [-0.15, -0.1) is 0 Å². The molecule has 1 fully saturated rings. The number of nitrogens with zero attached hydrogens (tertiary/aromatic N) is 4. The van der Waals surface area contributed by atoms with E-state index in [1.54, 1.807) is 30.9 Å². The van der Waals surface area contributed by atoms with Gasteiger partial charge < -0.3 is 4.90 Å². The van der Waals surface area contributed by atoms with Crippen LogP contribution in [0.4, 0.5) is 5.95 Å². The molecule has 0 amide bonds. The highest BCUT2D eigenvalue weighted by Gasteiger charge is 2.37. The third-order valence-electron chi connectivity index (χ3n) is 3.89. The van der Waals surface area contributed by atoms with Gasteiger partial charge in [-0.05, 0) is 30.5 Å². The van der Waals surface area contributed by atoms with Crippen molar-refractivity contribution in [1.29, 1.82) is 0 Å². The van der Waals surface area contributed by atoms with Gasteiger partial charge in [0.25, 0.3) is 0 Å². The maximum Gasteiger partial charge on any atom is 0.225 e. The monoisotopic (exact) mass is 333 g/mol. The number of aromatic nitrogens is 3. The van der Waals surface area contributed by atoms with E-state index in [0.717, 1.165) is 12.0 Å². The van der Waals surface area contributed by atoms with Gasteiger partial charge in [0.05, 0.1) is 12.3 Å². The zero-order valence-electron chi connectivity index (χ0n) is 12.8. The Morgan fingerprint density at radius 1 is 1.26 bits per heavy atom. The SMILES string of the molecule is CS(=O)(=O)N[C@@H]1CCN(c2ncccn2)[C@H]1Cc1cccnc1. The summed E-state index contributed by atoms with van der Waals surface area (Å²) >= 11 is 0. The van der Waals surface area contributed by atoms with Crippen molar-refractivity contribution >= 4 is 16.0 Å². The molecular formula is C15H19N5O2S. The molecule has 1 N–H and O–H groups in total. The molecule has 0 unspecified atom stereocenters. The van der Waals surface area contributed by atoms with E-state index in [9.17, 15) is 8.42 Å². The van der Waals surface area contributed by atoms with Crippen LogP contribution in [0.3, 0.4) is 0 Å². The highest BCUT2D eigenvalue weighted by molar-refractivity contribution is 7.88. The molecule has 0 spiro atoms. The fourth-order valence-electron chi connectivity index (χ4n) is 2.97. The molecule has 0 saturated carbocycles. The minimum absolute atomic E-state index is 0.0451. The first-order chi connectivity index (χ1) is 11.0. The zero-order chi connectivity index (χ0) is 16.3. The Balaban J connectivity index is 1.87. The second kappa shape index (κ2) is 6.59. The van der Waals surface area contributed by atoms with Crippen molar-refractivity contribution in [1.82, 2.24) is 19.7 Å². The molecule has 122 valence electrons. The second-order valence-corrected chi connectivity index (χ2v) is 7.44. The van der Waals surface area contributed by atoms with E-state index in [1.165, 1.54) is 6.26 Å². The van der Waals surface area contributed by atoms with Gasteiger partial charge >= 0.3 is 0 Å². The van der Waals surface area contributed by atoms with Gasteiger partial charge in [0.1, 0.15) is 0 Å². The first-order valence-electron chi connectivity index (χ1n) is 7.43. The summed E-state index contributed by atoms with van der Waals surface area (Å²) in [4.78, 5) is 14.8. The quantitative estimate of drug-likeness (QED) is 0.862. The van der Waals surface area contributed by atoms with E-state index >= 15 is 0 Å². The Kier molecular flexibility index (Phi) is 4.53.